The summed E-state index contributed by atoms with van der Waals surface area (Å²) >= 11 is 0. The number of aryl methyl sites for hydroxylation is 2. The van der Waals surface area contributed by atoms with E-state index in [-0.39, 0.29) is 6.04 Å². The summed E-state index contributed by atoms with van der Waals surface area (Å²) in [4.78, 5) is 4.50. The Bertz CT molecular complexity index is 502. The van der Waals surface area contributed by atoms with Crippen LogP contribution in [0.5, 0.6) is 0 Å². The molecule has 102 valence electrons. The number of nitrogens with one attached hydrogen (secondary N) is 1. The molecule has 0 aliphatic carbocycles. The van der Waals surface area contributed by atoms with E-state index in [9.17, 15) is 0 Å². The third-order valence-electron chi connectivity index (χ3n) is 3.30. The van der Waals surface area contributed by atoms with Crippen LogP contribution in [-0.2, 0) is 6.42 Å². The largest absolute Gasteiger partial charge is 0.469 e. The van der Waals surface area contributed by atoms with Crippen molar-refractivity contribution >= 4 is 0 Å². The molecule has 0 amide bonds. The highest BCUT2D eigenvalue weighted by Crippen LogP contribution is 2.22. The van der Waals surface area contributed by atoms with Gasteiger partial charge in [-0.3, -0.25) is 4.98 Å². The molecule has 0 saturated heterocycles. The smallest absolute Gasteiger partial charge is 0.105 e. The molecule has 0 radical (unpaired) electrons. The summed E-state index contributed by atoms with van der Waals surface area (Å²) in [6, 6.07) is 6.54. The van der Waals surface area contributed by atoms with Gasteiger partial charge in [0.25, 0.3) is 0 Å². The van der Waals surface area contributed by atoms with E-state index in [2.05, 4.69) is 42.3 Å². The highest BCUT2D eigenvalue weighted by Gasteiger charge is 2.16. The van der Waals surface area contributed by atoms with Crippen molar-refractivity contribution in [3.8, 4) is 0 Å². The van der Waals surface area contributed by atoms with E-state index in [0.29, 0.717) is 0 Å². The molecule has 0 spiro atoms. The molecule has 1 unspecified atom stereocenters. The van der Waals surface area contributed by atoms with Crippen molar-refractivity contribution in [1.82, 2.24) is 10.3 Å². The second-order valence-electron chi connectivity index (χ2n) is 4.97. The molecule has 2 aromatic rings. The normalized spacial score (nSPS) is 12.6. The standard InChI is InChI=1S/C16H22N2O/c1-4-8-17-16(15-7-9-19-13(15)3)10-14-6-5-12(2)11-18-14/h5-7,9,11,16-17H,4,8,10H2,1-3H3. The Morgan fingerprint density at radius 2 is 2.11 bits per heavy atom. The van der Waals surface area contributed by atoms with Crippen LogP contribution >= 0.6 is 0 Å². The number of pyridine rings is 1. The van der Waals surface area contributed by atoms with Gasteiger partial charge in [0.1, 0.15) is 5.76 Å². The first-order chi connectivity index (χ1) is 9.20. The number of nitrogens with zero attached hydrogens (tertiary/aromatic N) is 1. The quantitative estimate of drug-likeness (QED) is 0.860. The topological polar surface area (TPSA) is 38.1 Å². The van der Waals surface area contributed by atoms with Crippen molar-refractivity contribution in [2.45, 2.75) is 39.7 Å². The molecule has 19 heavy (non-hydrogen) atoms. The van der Waals surface area contributed by atoms with E-state index in [1.54, 1.807) is 6.26 Å². The molecule has 1 N–H and O–H groups in total. The SMILES string of the molecule is CCCNC(Cc1ccc(C)cn1)c1ccoc1C. The summed E-state index contributed by atoms with van der Waals surface area (Å²) < 4.78 is 5.42. The fourth-order valence-corrected chi connectivity index (χ4v) is 2.20. The minimum atomic E-state index is 0.272. The van der Waals surface area contributed by atoms with Crippen molar-refractivity contribution in [3.63, 3.8) is 0 Å². The molecule has 3 heteroatoms. The highest BCUT2D eigenvalue weighted by atomic mass is 16.3. The second kappa shape index (κ2) is 6.53. The Hall–Kier alpha value is -1.61. The summed E-state index contributed by atoms with van der Waals surface area (Å²) in [5, 5.41) is 3.58. The van der Waals surface area contributed by atoms with Gasteiger partial charge in [-0.15, -0.1) is 0 Å². The van der Waals surface area contributed by atoms with Crippen molar-refractivity contribution in [2.24, 2.45) is 0 Å². The lowest BCUT2D eigenvalue weighted by Gasteiger charge is -2.17. The molecule has 0 aliphatic rings. The number of aromatic nitrogens is 1. The fraction of sp³-hybridized carbons (Fsp3) is 0.438. The van der Waals surface area contributed by atoms with Crippen LogP contribution in [0.3, 0.4) is 0 Å². The predicted octanol–water partition coefficient (Wildman–Crippen LogP) is 3.57. The molecule has 1 atom stereocenters. The summed E-state index contributed by atoms with van der Waals surface area (Å²) in [6.07, 6.45) is 5.69. The molecule has 0 fully saturated rings. The number of furan rings is 1. The van der Waals surface area contributed by atoms with Gasteiger partial charge in [0.15, 0.2) is 0 Å². The van der Waals surface area contributed by atoms with Gasteiger partial charge in [0.05, 0.1) is 6.26 Å². The lowest BCUT2D eigenvalue weighted by molar-refractivity contribution is 0.491. The third-order valence-corrected chi connectivity index (χ3v) is 3.30. The minimum absolute atomic E-state index is 0.272. The first kappa shape index (κ1) is 13.8. The summed E-state index contributed by atoms with van der Waals surface area (Å²) in [5.41, 5.74) is 3.54. The van der Waals surface area contributed by atoms with Crippen LogP contribution < -0.4 is 5.32 Å². The van der Waals surface area contributed by atoms with Crippen LogP contribution in [0.4, 0.5) is 0 Å². The van der Waals surface area contributed by atoms with Gasteiger partial charge in [-0.2, -0.15) is 0 Å². The van der Waals surface area contributed by atoms with E-state index in [0.717, 1.165) is 30.8 Å². The Kier molecular flexibility index (Phi) is 4.74. The zero-order valence-corrected chi connectivity index (χ0v) is 11.9. The lowest BCUT2D eigenvalue weighted by atomic mass is 10.0. The van der Waals surface area contributed by atoms with Crippen molar-refractivity contribution in [2.75, 3.05) is 6.54 Å². The fourth-order valence-electron chi connectivity index (χ4n) is 2.20. The summed E-state index contributed by atoms with van der Waals surface area (Å²) in [7, 11) is 0. The van der Waals surface area contributed by atoms with Gasteiger partial charge < -0.3 is 9.73 Å². The summed E-state index contributed by atoms with van der Waals surface area (Å²) in [5.74, 6) is 0.987. The molecule has 0 aromatic carbocycles. The van der Waals surface area contributed by atoms with E-state index in [4.69, 9.17) is 4.42 Å². The highest BCUT2D eigenvalue weighted by molar-refractivity contribution is 5.23. The van der Waals surface area contributed by atoms with Crippen molar-refractivity contribution in [1.29, 1.82) is 0 Å². The van der Waals surface area contributed by atoms with Crippen LogP contribution in [0, 0.1) is 13.8 Å². The Balaban J connectivity index is 2.14. The van der Waals surface area contributed by atoms with Crippen LogP contribution in [0.1, 0.15) is 42.0 Å². The van der Waals surface area contributed by atoms with Gasteiger partial charge in [-0.05, 0) is 44.5 Å². The molecule has 0 saturated carbocycles. The average molecular weight is 258 g/mol. The second-order valence-corrected chi connectivity index (χ2v) is 4.97. The van der Waals surface area contributed by atoms with Crippen LogP contribution in [0.25, 0.3) is 0 Å². The molecular weight excluding hydrogens is 236 g/mol. The molecule has 2 heterocycles. The van der Waals surface area contributed by atoms with Crippen molar-refractivity contribution < 1.29 is 4.42 Å². The maximum Gasteiger partial charge on any atom is 0.105 e. The van der Waals surface area contributed by atoms with Crippen LogP contribution in [0.15, 0.2) is 35.1 Å². The van der Waals surface area contributed by atoms with E-state index < -0.39 is 0 Å². The molecular formula is C16H22N2O. The van der Waals surface area contributed by atoms with Gasteiger partial charge in [0.2, 0.25) is 0 Å². The first-order valence-corrected chi connectivity index (χ1v) is 6.89. The number of hydrogen-bond donors (Lipinski definition) is 1. The average Bonchev–Trinajstić information content (AvgIpc) is 2.83. The monoisotopic (exact) mass is 258 g/mol. The lowest BCUT2D eigenvalue weighted by Crippen LogP contribution is -2.24. The van der Waals surface area contributed by atoms with Crippen LogP contribution in [-0.4, -0.2) is 11.5 Å². The van der Waals surface area contributed by atoms with E-state index in [1.165, 1.54) is 11.1 Å². The molecule has 2 rings (SSSR count). The molecule has 2 aromatic heterocycles. The first-order valence-electron chi connectivity index (χ1n) is 6.89. The number of rotatable bonds is 6. The zero-order valence-electron chi connectivity index (χ0n) is 11.9. The van der Waals surface area contributed by atoms with Gasteiger partial charge in [-0.1, -0.05) is 13.0 Å². The Morgan fingerprint density at radius 3 is 2.68 bits per heavy atom. The molecule has 3 nitrogen and oxygen atoms in total. The zero-order chi connectivity index (χ0) is 13.7. The van der Waals surface area contributed by atoms with Gasteiger partial charge >= 0.3 is 0 Å². The minimum Gasteiger partial charge on any atom is -0.469 e. The predicted molar refractivity (Wildman–Crippen MR) is 77.2 cm³/mol. The Morgan fingerprint density at radius 1 is 1.26 bits per heavy atom. The van der Waals surface area contributed by atoms with Crippen molar-refractivity contribution in [3.05, 3.63) is 53.2 Å². The van der Waals surface area contributed by atoms with E-state index >= 15 is 0 Å². The maximum atomic E-state index is 5.42. The van der Waals surface area contributed by atoms with E-state index in [1.807, 2.05) is 13.1 Å². The summed E-state index contributed by atoms with van der Waals surface area (Å²) in [6.45, 7) is 7.25. The third kappa shape index (κ3) is 3.67. The van der Waals surface area contributed by atoms with Crippen LogP contribution in [0.2, 0.25) is 0 Å². The maximum absolute atomic E-state index is 5.42. The number of hydrogen-bond acceptors (Lipinski definition) is 3. The Labute approximate surface area is 115 Å². The van der Waals surface area contributed by atoms with Gasteiger partial charge in [0, 0.05) is 29.9 Å². The van der Waals surface area contributed by atoms with Gasteiger partial charge in [-0.25, -0.2) is 0 Å². The molecule has 0 bridgehead atoms. The molecule has 0 aliphatic heterocycles.